The first-order chi connectivity index (χ1) is 9.72. The number of likely N-dealkylation sites (tertiary alicyclic amines) is 1. The predicted molar refractivity (Wildman–Crippen MR) is 78.4 cm³/mol. The molecule has 1 aromatic heterocycles. The van der Waals surface area contributed by atoms with Gasteiger partial charge in [0.1, 0.15) is 11.9 Å². The monoisotopic (exact) mass is 281 g/mol. The Morgan fingerprint density at radius 3 is 2.75 bits per heavy atom. The minimum absolute atomic E-state index is 0.339. The summed E-state index contributed by atoms with van der Waals surface area (Å²) in [5.74, 6) is 1.13. The largest absolute Gasteiger partial charge is 0.385 e. The van der Waals surface area contributed by atoms with E-state index in [9.17, 15) is 5.11 Å². The highest BCUT2D eigenvalue weighted by Crippen LogP contribution is 2.29. The van der Waals surface area contributed by atoms with E-state index in [4.69, 9.17) is 4.74 Å². The third kappa shape index (κ3) is 4.04. The number of aliphatic hydroxyl groups excluding tert-OH is 1. The van der Waals surface area contributed by atoms with Gasteiger partial charge in [-0.15, -0.1) is 0 Å². The van der Waals surface area contributed by atoms with E-state index < -0.39 is 6.10 Å². The van der Waals surface area contributed by atoms with Crippen molar-refractivity contribution in [3.8, 4) is 0 Å². The SMILES string of the molecule is COCCCCN1CCC(C(O)c2nccn2C)CC1. The average Bonchev–Trinajstić information content (AvgIpc) is 2.90. The first-order valence-corrected chi connectivity index (χ1v) is 7.59. The highest BCUT2D eigenvalue weighted by atomic mass is 16.5. The van der Waals surface area contributed by atoms with Crippen LogP contribution in [0.4, 0.5) is 0 Å². The van der Waals surface area contributed by atoms with Crippen LogP contribution in [-0.4, -0.2) is 52.9 Å². The summed E-state index contributed by atoms with van der Waals surface area (Å²) < 4.78 is 6.99. The summed E-state index contributed by atoms with van der Waals surface area (Å²) in [7, 11) is 3.70. The molecule has 1 unspecified atom stereocenters. The number of hydrogen-bond acceptors (Lipinski definition) is 4. The third-order valence-corrected chi connectivity index (χ3v) is 4.27. The van der Waals surface area contributed by atoms with Crippen LogP contribution in [0.3, 0.4) is 0 Å². The summed E-state index contributed by atoms with van der Waals surface area (Å²) in [5.41, 5.74) is 0. The minimum Gasteiger partial charge on any atom is -0.385 e. The molecule has 0 aliphatic carbocycles. The maximum absolute atomic E-state index is 10.4. The van der Waals surface area contributed by atoms with Crippen molar-refractivity contribution in [2.75, 3.05) is 33.4 Å². The van der Waals surface area contributed by atoms with E-state index in [-0.39, 0.29) is 0 Å². The molecule has 1 aromatic rings. The smallest absolute Gasteiger partial charge is 0.137 e. The molecule has 0 radical (unpaired) electrons. The van der Waals surface area contributed by atoms with Crippen LogP contribution in [0.1, 0.15) is 37.6 Å². The summed E-state index contributed by atoms with van der Waals surface area (Å²) in [4.78, 5) is 6.76. The molecule has 0 saturated carbocycles. The van der Waals surface area contributed by atoms with Crippen molar-refractivity contribution in [3.05, 3.63) is 18.2 Å². The Balaban J connectivity index is 1.72. The fourth-order valence-electron chi connectivity index (χ4n) is 2.95. The van der Waals surface area contributed by atoms with Gasteiger partial charge >= 0.3 is 0 Å². The van der Waals surface area contributed by atoms with E-state index in [0.29, 0.717) is 5.92 Å². The van der Waals surface area contributed by atoms with Gasteiger partial charge in [0.15, 0.2) is 0 Å². The summed E-state index contributed by atoms with van der Waals surface area (Å²) in [5, 5.41) is 10.4. The molecular weight excluding hydrogens is 254 g/mol. The van der Waals surface area contributed by atoms with E-state index >= 15 is 0 Å². The quantitative estimate of drug-likeness (QED) is 0.771. The van der Waals surface area contributed by atoms with Gasteiger partial charge < -0.3 is 19.3 Å². The predicted octanol–water partition coefficient (Wildman–Crippen LogP) is 1.59. The van der Waals surface area contributed by atoms with Gasteiger partial charge in [-0.2, -0.15) is 0 Å². The molecule has 0 bridgehead atoms. The molecule has 1 aliphatic heterocycles. The van der Waals surface area contributed by atoms with Gasteiger partial charge in [-0.3, -0.25) is 0 Å². The Labute approximate surface area is 121 Å². The average molecular weight is 281 g/mol. The second kappa shape index (κ2) is 7.76. The standard InChI is InChI=1S/C15H27N3O2/c1-17-11-7-16-15(17)14(19)13-5-9-18(10-6-13)8-3-4-12-20-2/h7,11,13-14,19H,3-6,8-10,12H2,1-2H3. The second-order valence-electron chi connectivity index (χ2n) is 5.72. The molecule has 2 rings (SSSR count). The van der Waals surface area contributed by atoms with Crippen LogP contribution in [0, 0.1) is 5.92 Å². The first kappa shape index (κ1) is 15.5. The number of methoxy groups -OCH3 is 1. The number of aryl methyl sites for hydroxylation is 1. The molecule has 20 heavy (non-hydrogen) atoms. The van der Waals surface area contributed by atoms with Gasteiger partial charge in [0.2, 0.25) is 0 Å². The molecule has 0 spiro atoms. The fraction of sp³-hybridized carbons (Fsp3) is 0.800. The molecule has 1 fully saturated rings. The third-order valence-electron chi connectivity index (χ3n) is 4.27. The molecule has 1 aliphatic rings. The molecule has 0 amide bonds. The van der Waals surface area contributed by atoms with Crippen molar-refractivity contribution >= 4 is 0 Å². The zero-order chi connectivity index (χ0) is 14.4. The molecule has 0 aromatic carbocycles. The van der Waals surface area contributed by atoms with Gasteiger partial charge in [0, 0.05) is 33.2 Å². The number of rotatable bonds is 7. The zero-order valence-corrected chi connectivity index (χ0v) is 12.7. The summed E-state index contributed by atoms with van der Waals surface area (Å²) in [6.07, 6.45) is 7.65. The van der Waals surface area contributed by atoms with Crippen LogP contribution in [0.25, 0.3) is 0 Å². The van der Waals surface area contributed by atoms with E-state index in [0.717, 1.165) is 51.3 Å². The molecule has 114 valence electrons. The van der Waals surface area contributed by atoms with Crippen molar-refractivity contribution in [2.45, 2.75) is 31.8 Å². The van der Waals surface area contributed by atoms with E-state index in [1.807, 2.05) is 17.8 Å². The molecular formula is C15H27N3O2. The van der Waals surface area contributed by atoms with Gasteiger partial charge in [0.25, 0.3) is 0 Å². The maximum atomic E-state index is 10.4. The lowest BCUT2D eigenvalue weighted by Crippen LogP contribution is -2.36. The van der Waals surface area contributed by atoms with Crippen LogP contribution in [0.15, 0.2) is 12.4 Å². The summed E-state index contributed by atoms with van der Waals surface area (Å²) >= 11 is 0. The first-order valence-electron chi connectivity index (χ1n) is 7.59. The minimum atomic E-state index is -0.425. The molecule has 5 nitrogen and oxygen atoms in total. The number of piperidine rings is 1. The highest BCUT2D eigenvalue weighted by Gasteiger charge is 2.28. The molecule has 1 N–H and O–H groups in total. The van der Waals surface area contributed by atoms with Crippen molar-refractivity contribution in [2.24, 2.45) is 13.0 Å². The number of hydrogen-bond donors (Lipinski definition) is 1. The van der Waals surface area contributed by atoms with Crippen molar-refractivity contribution in [1.29, 1.82) is 0 Å². The summed E-state index contributed by atoms with van der Waals surface area (Å²) in [6, 6.07) is 0. The van der Waals surface area contributed by atoms with Crippen molar-refractivity contribution < 1.29 is 9.84 Å². The van der Waals surface area contributed by atoms with Crippen LogP contribution in [-0.2, 0) is 11.8 Å². The van der Waals surface area contributed by atoms with Gasteiger partial charge in [-0.1, -0.05) is 0 Å². The lowest BCUT2D eigenvalue weighted by molar-refractivity contribution is 0.0502. The number of unbranched alkanes of at least 4 members (excludes halogenated alkanes) is 1. The topological polar surface area (TPSA) is 50.5 Å². The van der Waals surface area contributed by atoms with E-state index in [1.54, 1.807) is 13.3 Å². The zero-order valence-electron chi connectivity index (χ0n) is 12.7. The second-order valence-corrected chi connectivity index (χ2v) is 5.72. The normalized spacial score (nSPS) is 19.4. The van der Waals surface area contributed by atoms with Gasteiger partial charge in [-0.25, -0.2) is 4.98 Å². The number of nitrogens with zero attached hydrogens (tertiary/aromatic N) is 3. The number of aliphatic hydroxyl groups is 1. The Kier molecular flexibility index (Phi) is 6.01. The molecule has 1 atom stereocenters. The maximum Gasteiger partial charge on any atom is 0.137 e. The number of imidazole rings is 1. The van der Waals surface area contributed by atoms with Crippen LogP contribution < -0.4 is 0 Å². The van der Waals surface area contributed by atoms with E-state index in [2.05, 4.69) is 9.88 Å². The van der Waals surface area contributed by atoms with Crippen molar-refractivity contribution in [3.63, 3.8) is 0 Å². The Morgan fingerprint density at radius 2 is 2.15 bits per heavy atom. The lowest BCUT2D eigenvalue weighted by Gasteiger charge is -2.34. The summed E-state index contributed by atoms with van der Waals surface area (Å²) in [6.45, 7) is 4.17. The highest BCUT2D eigenvalue weighted by molar-refractivity contribution is 4.98. The molecule has 2 heterocycles. The van der Waals surface area contributed by atoms with Crippen LogP contribution in [0.2, 0.25) is 0 Å². The van der Waals surface area contributed by atoms with E-state index in [1.165, 1.54) is 6.42 Å². The van der Waals surface area contributed by atoms with Gasteiger partial charge in [-0.05, 0) is 51.2 Å². The molecule has 1 saturated heterocycles. The van der Waals surface area contributed by atoms with Gasteiger partial charge in [0.05, 0.1) is 0 Å². The van der Waals surface area contributed by atoms with Crippen LogP contribution >= 0.6 is 0 Å². The Hall–Kier alpha value is -0.910. The van der Waals surface area contributed by atoms with Crippen molar-refractivity contribution in [1.82, 2.24) is 14.5 Å². The fourth-order valence-corrected chi connectivity index (χ4v) is 2.95. The number of aromatic nitrogens is 2. The number of ether oxygens (including phenoxy) is 1. The lowest BCUT2D eigenvalue weighted by atomic mass is 9.90. The van der Waals surface area contributed by atoms with Crippen LogP contribution in [0.5, 0.6) is 0 Å². The Morgan fingerprint density at radius 1 is 1.40 bits per heavy atom. The molecule has 5 heteroatoms. The Bertz CT molecular complexity index is 386.